The summed E-state index contributed by atoms with van der Waals surface area (Å²) in [5.41, 5.74) is 3.39. The molecule has 0 radical (unpaired) electrons. The number of amides is 1. The zero-order valence-corrected chi connectivity index (χ0v) is 16.2. The summed E-state index contributed by atoms with van der Waals surface area (Å²) in [7, 11) is 0. The number of aromatic nitrogens is 3. The van der Waals surface area contributed by atoms with Gasteiger partial charge in [0.1, 0.15) is 5.82 Å². The summed E-state index contributed by atoms with van der Waals surface area (Å²) in [5, 5.41) is 2.90. The van der Waals surface area contributed by atoms with E-state index in [-0.39, 0.29) is 11.5 Å². The summed E-state index contributed by atoms with van der Waals surface area (Å²) in [6, 6.07) is 14.5. The average molecular weight is 376 g/mol. The van der Waals surface area contributed by atoms with E-state index in [4.69, 9.17) is 0 Å². The van der Waals surface area contributed by atoms with E-state index in [9.17, 15) is 9.59 Å². The van der Waals surface area contributed by atoms with E-state index < -0.39 is 0 Å². The summed E-state index contributed by atoms with van der Waals surface area (Å²) >= 11 is 0. The highest BCUT2D eigenvalue weighted by Gasteiger charge is 2.08. The molecule has 0 fully saturated rings. The van der Waals surface area contributed by atoms with Crippen LogP contribution in [0.1, 0.15) is 35.2 Å². The lowest BCUT2D eigenvalue weighted by atomic mass is 10.1. The number of pyridine rings is 1. The van der Waals surface area contributed by atoms with E-state index in [0.29, 0.717) is 25.1 Å². The molecule has 0 atom stereocenters. The Labute approximate surface area is 164 Å². The quantitative estimate of drug-likeness (QED) is 0.643. The van der Waals surface area contributed by atoms with Crippen LogP contribution in [0.5, 0.6) is 0 Å². The first-order valence-corrected chi connectivity index (χ1v) is 9.45. The molecule has 3 aromatic rings. The van der Waals surface area contributed by atoms with Crippen LogP contribution in [0, 0.1) is 6.92 Å². The van der Waals surface area contributed by atoms with E-state index in [1.807, 2.05) is 31.2 Å². The van der Waals surface area contributed by atoms with E-state index >= 15 is 0 Å². The maximum atomic E-state index is 12.3. The molecule has 2 heterocycles. The lowest BCUT2D eigenvalue weighted by Crippen LogP contribution is -2.26. The molecule has 0 aliphatic rings. The molecule has 0 unspecified atom stereocenters. The van der Waals surface area contributed by atoms with Crippen LogP contribution in [0.15, 0.2) is 59.5 Å². The van der Waals surface area contributed by atoms with Crippen molar-refractivity contribution in [2.45, 2.75) is 33.2 Å². The van der Waals surface area contributed by atoms with Crippen LogP contribution in [0.2, 0.25) is 0 Å². The third-order valence-electron chi connectivity index (χ3n) is 4.46. The van der Waals surface area contributed by atoms with Crippen LogP contribution in [0.25, 0.3) is 11.3 Å². The molecule has 0 aliphatic carbocycles. The van der Waals surface area contributed by atoms with Gasteiger partial charge in [0.05, 0.1) is 5.69 Å². The van der Waals surface area contributed by atoms with Gasteiger partial charge in [-0.3, -0.25) is 9.59 Å². The molecule has 6 nitrogen and oxygen atoms in total. The van der Waals surface area contributed by atoms with Gasteiger partial charge in [-0.05, 0) is 44.0 Å². The Kier molecular flexibility index (Phi) is 6.32. The molecule has 2 aromatic heterocycles. The second-order valence-electron chi connectivity index (χ2n) is 6.56. The van der Waals surface area contributed by atoms with Gasteiger partial charge < -0.3 is 9.88 Å². The normalized spacial score (nSPS) is 10.6. The van der Waals surface area contributed by atoms with Gasteiger partial charge in [-0.25, -0.2) is 9.97 Å². The first-order valence-electron chi connectivity index (χ1n) is 9.45. The molecule has 28 heavy (non-hydrogen) atoms. The minimum Gasteiger partial charge on any atom is -0.352 e. The minimum atomic E-state index is -0.125. The number of carbonyl (C=O) groups excluding carboxylic acids is 1. The standard InChI is InChI=1S/C22H24N4O2/c1-3-19-15-20(25-16(2)24-19)17-8-10-18(11-9-17)22(28)23-12-6-14-26-13-5-4-7-21(26)27/h4-5,7-11,13,15H,3,6,12,14H2,1-2H3,(H,23,28). The van der Waals surface area contributed by atoms with Gasteiger partial charge in [-0.2, -0.15) is 0 Å². The summed E-state index contributed by atoms with van der Waals surface area (Å²) in [6.45, 7) is 5.03. The summed E-state index contributed by atoms with van der Waals surface area (Å²) in [4.78, 5) is 32.8. The van der Waals surface area contributed by atoms with Crippen LogP contribution in [0.4, 0.5) is 0 Å². The number of aryl methyl sites for hydroxylation is 3. The number of nitrogens with zero attached hydrogens (tertiary/aromatic N) is 3. The molecular formula is C22H24N4O2. The van der Waals surface area contributed by atoms with Gasteiger partial charge in [-0.1, -0.05) is 25.1 Å². The maximum absolute atomic E-state index is 12.3. The molecule has 6 heteroatoms. The zero-order chi connectivity index (χ0) is 19.9. The minimum absolute atomic E-state index is 0.0318. The maximum Gasteiger partial charge on any atom is 0.251 e. The highest BCUT2D eigenvalue weighted by molar-refractivity contribution is 5.94. The van der Waals surface area contributed by atoms with Gasteiger partial charge >= 0.3 is 0 Å². The molecule has 144 valence electrons. The van der Waals surface area contributed by atoms with Crippen molar-refractivity contribution in [1.29, 1.82) is 0 Å². The van der Waals surface area contributed by atoms with Gasteiger partial charge in [0.2, 0.25) is 5.56 Å². The predicted octanol–water partition coefficient (Wildman–Crippen LogP) is 3.00. The second kappa shape index (κ2) is 9.08. The van der Waals surface area contributed by atoms with E-state index in [0.717, 1.165) is 29.2 Å². The summed E-state index contributed by atoms with van der Waals surface area (Å²) in [6.07, 6.45) is 3.29. The van der Waals surface area contributed by atoms with Gasteiger partial charge in [0.25, 0.3) is 5.91 Å². The Balaban J connectivity index is 1.57. The molecule has 0 saturated carbocycles. The molecule has 0 aliphatic heterocycles. The number of carbonyl (C=O) groups is 1. The zero-order valence-electron chi connectivity index (χ0n) is 16.2. The fourth-order valence-electron chi connectivity index (χ4n) is 2.95. The van der Waals surface area contributed by atoms with Crippen LogP contribution < -0.4 is 10.9 Å². The van der Waals surface area contributed by atoms with Crippen molar-refractivity contribution < 1.29 is 4.79 Å². The van der Waals surface area contributed by atoms with Crippen LogP contribution in [-0.4, -0.2) is 27.0 Å². The second-order valence-corrected chi connectivity index (χ2v) is 6.56. The number of hydrogen-bond donors (Lipinski definition) is 1. The summed E-state index contributed by atoms with van der Waals surface area (Å²) < 4.78 is 1.63. The van der Waals surface area contributed by atoms with E-state index in [2.05, 4.69) is 22.2 Å². The molecule has 0 bridgehead atoms. The Hall–Kier alpha value is -3.28. The first kappa shape index (κ1) is 19.5. The lowest BCUT2D eigenvalue weighted by Gasteiger charge is -2.08. The number of hydrogen-bond acceptors (Lipinski definition) is 4. The Morgan fingerprint density at radius 3 is 2.61 bits per heavy atom. The molecule has 3 rings (SSSR count). The van der Waals surface area contributed by atoms with Crippen LogP contribution in [-0.2, 0) is 13.0 Å². The highest BCUT2D eigenvalue weighted by atomic mass is 16.1. The third kappa shape index (κ3) is 4.91. The Bertz CT molecular complexity index is 1010. The van der Waals surface area contributed by atoms with Gasteiger partial charge in [-0.15, -0.1) is 0 Å². The largest absolute Gasteiger partial charge is 0.352 e. The molecule has 0 spiro atoms. The van der Waals surface area contributed by atoms with Crippen LogP contribution >= 0.6 is 0 Å². The lowest BCUT2D eigenvalue weighted by molar-refractivity contribution is 0.0952. The van der Waals surface area contributed by atoms with Gasteiger partial charge in [0, 0.05) is 42.2 Å². The van der Waals surface area contributed by atoms with Crippen molar-refractivity contribution in [2.24, 2.45) is 0 Å². The number of benzene rings is 1. The van der Waals surface area contributed by atoms with E-state index in [1.165, 1.54) is 6.07 Å². The molecular weight excluding hydrogens is 352 g/mol. The molecule has 0 saturated heterocycles. The van der Waals surface area contributed by atoms with Crippen molar-refractivity contribution in [3.63, 3.8) is 0 Å². The smallest absolute Gasteiger partial charge is 0.251 e. The fourth-order valence-corrected chi connectivity index (χ4v) is 2.95. The van der Waals surface area contributed by atoms with Crippen molar-refractivity contribution in [3.05, 3.63) is 82.2 Å². The van der Waals surface area contributed by atoms with Crippen molar-refractivity contribution in [2.75, 3.05) is 6.54 Å². The summed E-state index contributed by atoms with van der Waals surface area (Å²) in [5.74, 6) is 0.619. The molecule has 1 amide bonds. The molecule has 1 aromatic carbocycles. The Morgan fingerprint density at radius 2 is 1.89 bits per heavy atom. The fraction of sp³-hybridized carbons (Fsp3) is 0.273. The van der Waals surface area contributed by atoms with E-state index in [1.54, 1.807) is 29.0 Å². The Morgan fingerprint density at radius 1 is 1.11 bits per heavy atom. The average Bonchev–Trinajstić information content (AvgIpc) is 2.72. The van der Waals surface area contributed by atoms with Crippen molar-refractivity contribution in [1.82, 2.24) is 19.9 Å². The SMILES string of the molecule is CCc1cc(-c2ccc(C(=O)NCCCn3ccccc3=O)cc2)nc(C)n1. The van der Waals surface area contributed by atoms with Crippen LogP contribution in [0.3, 0.4) is 0 Å². The first-order chi connectivity index (χ1) is 13.6. The number of nitrogens with one attached hydrogen (secondary N) is 1. The number of rotatable bonds is 7. The van der Waals surface area contributed by atoms with Crippen molar-refractivity contribution >= 4 is 5.91 Å². The predicted molar refractivity (Wildman–Crippen MR) is 109 cm³/mol. The van der Waals surface area contributed by atoms with Crippen molar-refractivity contribution in [3.8, 4) is 11.3 Å². The van der Waals surface area contributed by atoms with Gasteiger partial charge in [0.15, 0.2) is 0 Å². The molecule has 1 N–H and O–H groups in total. The third-order valence-corrected chi connectivity index (χ3v) is 4.46. The highest BCUT2D eigenvalue weighted by Crippen LogP contribution is 2.19. The topological polar surface area (TPSA) is 76.9 Å². The monoisotopic (exact) mass is 376 g/mol.